The van der Waals surface area contributed by atoms with E-state index in [-0.39, 0.29) is 0 Å². The molecule has 1 fully saturated rings. The number of nitrogens with zero attached hydrogens (tertiary/aromatic N) is 2. The van der Waals surface area contributed by atoms with Crippen molar-refractivity contribution in [1.82, 2.24) is 15.1 Å². The summed E-state index contributed by atoms with van der Waals surface area (Å²) in [5.41, 5.74) is 6.75. The standard InChI is InChI=1S/C11H20N4/c1-8(2)15-4-3-9(7-15)5-10-6-11(12)14-13-10/h6,8-9H,3-5,7H2,1-2H3,(H3,12,13,14). The maximum atomic E-state index is 5.58. The molecule has 0 aliphatic carbocycles. The smallest absolute Gasteiger partial charge is 0.145 e. The minimum absolute atomic E-state index is 0.601. The van der Waals surface area contributed by atoms with E-state index in [1.165, 1.54) is 25.2 Å². The van der Waals surface area contributed by atoms with Crippen LogP contribution in [0.5, 0.6) is 0 Å². The number of nitrogen functional groups attached to an aromatic ring is 1. The number of H-pyrrole nitrogens is 1. The highest BCUT2D eigenvalue weighted by atomic mass is 15.2. The third kappa shape index (κ3) is 2.50. The van der Waals surface area contributed by atoms with Crippen molar-refractivity contribution in [2.45, 2.75) is 32.7 Å². The second-order valence-electron chi connectivity index (χ2n) is 4.77. The van der Waals surface area contributed by atoms with Crippen LogP contribution in [0.25, 0.3) is 0 Å². The monoisotopic (exact) mass is 208 g/mol. The number of anilines is 1. The number of rotatable bonds is 3. The minimum Gasteiger partial charge on any atom is -0.382 e. The zero-order chi connectivity index (χ0) is 10.8. The van der Waals surface area contributed by atoms with Crippen molar-refractivity contribution < 1.29 is 0 Å². The summed E-state index contributed by atoms with van der Waals surface area (Å²) in [5.74, 6) is 1.36. The fraction of sp³-hybridized carbons (Fsp3) is 0.727. The summed E-state index contributed by atoms with van der Waals surface area (Å²) >= 11 is 0. The Hall–Kier alpha value is -1.03. The molecule has 1 aromatic heterocycles. The first-order valence-electron chi connectivity index (χ1n) is 5.69. The van der Waals surface area contributed by atoms with Crippen molar-refractivity contribution in [3.05, 3.63) is 11.8 Å². The van der Waals surface area contributed by atoms with Crippen LogP contribution in [0, 0.1) is 5.92 Å². The van der Waals surface area contributed by atoms with Crippen molar-refractivity contribution in [2.24, 2.45) is 5.92 Å². The van der Waals surface area contributed by atoms with Gasteiger partial charge in [0.05, 0.1) is 0 Å². The molecule has 3 N–H and O–H groups in total. The molecule has 1 aliphatic heterocycles. The molecule has 1 aliphatic rings. The number of aromatic amines is 1. The normalized spacial score (nSPS) is 22.7. The molecule has 84 valence electrons. The van der Waals surface area contributed by atoms with Gasteiger partial charge in [0.2, 0.25) is 0 Å². The molecular weight excluding hydrogens is 188 g/mol. The van der Waals surface area contributed by atoms with Gasteiger partial charge in [0.15, 0.2) is 0 Å². The van der Waals surface area contributed by atoms with Gasteiger partial charge >= 0.3 is 0 Å². The lowest BCUT2D eigenvalue weighted by Crippen LogP contribution is -2.28. The van der Waals surface area contributed by atoms with E-state index >= 15 is 0 Å². The van der Waals surface area contributed by atoms with Crippen LogP contribution in [-0.2, 0) is 6.42 Å². The fourth-order valence-electron chi connectivity index (χ4n) is 2.29. The number of nitrogens with two attached hydrogens (primary N) is 1. The average molecular weight is 208 g/mol. The van der Waals surface area contributed by atoms with Gasteiger partial charge in [0.1, 0.15) is 5.82 Å². The molecule has 4 nitrogen and oxygen atoms in total. The van der Waals surface area contributed by atoms with Gasteiger partial charge in [-0.1, -0.05) is 0 Å². The Morgan fingerprint density at radius 2 is 2.47 bits per heavy atom. The Kier molecular flexibility index (Phi) is 2.95. The summed E-state index contributed by atoms with van der Waals surface area (Å²) in [4.78, 5) is 2.53. The van der Waals surface area contributed by atoms with Gasteiger partial charge in [-0.05, 0) is 39.2 Å². The van der Waals surface area contributed by atoms with Crippen LogP contribution in [0.4, 0.5) is 5.82 Å². The van der Waals surface area contributed by atoms with E-state index in [0.717, 1.165) is 12.3 Å². The SMILES string of the molecule is CC(C)N1CCC(Cc2cc(N)n[nH]2)C1. The summed E-state index contributed by atoms with van der Waals surface area (Å²) < 4.78 is 0. The van der Waals surface area contributed by atoms with Gasteiger partial charge in [0.25, 0.3) is 0 Å². The second kappa shape index (κ2) is 4.23. The Bertz CT molecular complexity index is 318. The molecule has 2 heterocycles. The predicted molar refractivity (Wildman–Crippen MR) is 61.5 cm³/mol. The Morgan fingerprint density at radius 3 is 3.00 bits per heavy atom. The molecule has 0 aromatic carbocycles. The molecule has 1 unspecified atom stereocenters. The van der Waals surface area contributed by atoms with E-state index in [0.29, 0.717) is 11.9 Å². The maximum absolute atomic E-state index is 5.58. The van der Waals surface area contributed by atoms with Crippen molar-refractivity contribution in [2.75, 3.05) is 18.8 Å². The Balaban J connectivity index is 1.87. The van der Waals surface area contributed by atoms with Crippen molar-refractivity contribution >= 4 is 5.82 Å². The van der Waals surface area contributed by atoms with Crippen molar-refractivity contribution in [1.29, 1.82) is 0 Å². The highest BCUT2D eigenvalue weighted by Gasteiger charge is 2.24. The van der Waals surface area contributed by atoms with Crippen LogP contribution in [0.3, 0.4) is 0 Å². The molecular formula is C11H20N4. The highest BCUT2D eigenvalue weighted by molar-refractivity contribution is 5.28. The van der Waals surface area contributed by atoms with Gasteiger partial charge in [-0.3, -0.25) is 5.10 Å². The molecule has 1 aromatic rings. The summed E-state index contributed by atoms with van der Waals surface area (Å²) in [7, 11) is 0. The lowest BCUT2D eigenvalue weighted by Gasteiger charge is -2.19. The molecule has 0 amide bonds. The highest BCUT2D eigenvalue weighted by Crippen LogP contribution is 2.22. The Labute approximate surface area is 90.8 Å². The molecule has 0 spiro atoms. The Morgan fingerprint density at radius 1 is 1.67 bits per heavy atom. The quantitative estimate of drug-likeness (QED) is 0.786. The van der Waals surface area contributed by atoms with Crippen LogP contribution in [-0.4, -0.2) is 34.2 Å². The number of hydrogen-bond donors (Lipinski definition) is 2. The third-order valence-corrected chi connectivity index (χ3v) is 3.21. The molecule has 1 saturated heterocycles. The zero-order valence-corrected chi connectivity index (χ0v) is 9.53. The number of likely N-dealkylation sites (tertiary alicyclic amines) is 1. The van der Waals surface area contributed by atoms with Gasteiger partial charge in [-0.2, -0.15) is 5.10 Å². The van der Waals surface area contributed by atoms with Crippen molar-refractivity contribution in [3.8, 4) is 0 Å². The van der Waals surface area contributed by atoms with Crippen LogP contribution < -0.4 is 5.73 Å². The van der Waals surface area contributed by atoms with Crippen LogP contribution in [0.2, 0.25) is 0 Å². The first-order chi connectivity index (χ1) is 7.15. The lowest BCUT2D eigenvalue weighted by atomic mass is 10.0. The van der Waals surface area contributed by atoms with Gasteiger partial charge in [-0.15, -0.1) is 0 Å². The van der Waals surface area contributed by atoms with Crippen molar-refractivity contribution in [3.63, 3.8) is 0 Å². The fourth-order valence-corrected chi connectivity index (χ4v) is 2.29. The molecule has 0 bridgehead atoms. The van der Waals surface area contributed by atoms with E-state index < -0.39 is 0 Å². The molecule has 2 rings (SSSR count). The molecule has 15 heavy (non-hydrogen) atoms. The first-order valence-corrected chi connectivity index (χ1v) is 5.69. The lowest BCUT2D eigenvalue weighted by molar-refractivity contribution is 0.265. The molecule has 0 radical (unpaired) electrons. The predicted octanol–water partition coefficient (Wildman–Crippen LogP) is 1.26. The largest absolute Gasteiger partial charge is 0.382 e. The number of aromatic nitrogens is 2. The van der Waals surface area contributed by atoms with E-state index in [2.05, 4.69) is 28.9 Å². The zero-order valence-electron chi connectivity index (χ0n) is 9.53. The van der Waals surface area contributed by atoms with Crippen LogP contribution in [0.1, 0.15) is 26.0 Å². The molecule has 1 atom stereocenters. The van der Waals surface area contributed by atoms with E-state index in [4.69, 9.17) is 5.73 Å². The van der Waals surface area contributed by atoms with Gasteiger partial charge in [0, 0.05) is 24.3 Å². The number of nitrogens with one attached hydrogen (secondary N) is 1. The summed E-state index contributed by atoms with van der Waals surface area (Å²) in [5, 5.41) is 6.93. The van der Waals surface area contributed by atoms with E-state index in [1.54, 1.807) is 0 Å². The first kappa shape index (κ1) is 10.5. The second-order valence-corrected chi connectivity index (χ2v) is 4.77. The molecule has 4 heteroatoms. The van der Waals surface area contributed by atoms with Crippen LogP contribution in [0.15, 0.2) is 6.07 Å². The number of hydrogen-bond acceptors (Lipinski definition) is 3. The third-order valence-electron chi connectivity index (χ3n) is 3.21. The van der Waals surface area contributed by atoms with E-state index in [9.17, 15) is 0 Å². The summed E-state index contributed by atoms with van der Waals surface area (Å²) in [6.45, 7) is 6.95. The maximum Gasteiger partial charge on any atom is 0.145 e. The van der Waals surface area contributed by atoms with E-state index in [1.807, 2.05) is 6.07 Å². The van der Waals surface area contributed by atoms with Gasteiger partial charge in [-0.25, -0.2) is 0 Å². The molecule has 0 saturated carbocycles. The summed E-state index contributed by atoms with van der Waals surface area (Å²) in [6, 6.07) is 2.61. The minimum atomic E-state index is 0.601. The van der Waals surface area contributed by atoms with Gasteiger partial charge < -0.3 is 10.6 Å². The average Bonchev–Trinajstić information content (AvgIpc) is 2.76. The topological polar surface area (TPSA) is 57.9 Å². The summed E-state index contributed by atoms with van der Waals surface area (Å²) in [6.07, 6.45) is 2.37. The van der Waals surface area contributed by atoms with Crippen LogP contribution >= 0.6 is 0 Å².